The van der Waals surface area contributed by atoms with Gasteiger partial charge in [0.1, 0.15) is 24.0 Å². The van der Waals surface area contributed by atoms with E-state index < -0.39 is 28.7 Å². The van der Waals surface area contributed by atoms with Gasteiger partial charge >= 0.3 is 0 Å². The van der Waals surface area contributed by atoms with E-state index in [4.69, 9.17) is 4.74 Å². The average Bonchev–Trinajstić information content (AvgIpc) is 3.60. The number of ether oxygens (including phenoxy) is 1. The maximum atomic E-state index is 14.8. The van der Waals surface area contributed by atoms with Gasteiger partial charge in [-0.2, -0.15) is 0 Å². The van der Waals surface area contributed by atoms with E-state index in [1.165, 1.54) is 11.8 Å². The summed E-state index contributed by atoms with van der Waals surface area (Å²) in [6, 6.07) is 13.5. The maximum absolute atomic E-state index is 14.8. The molecule has 0 bridgehead atoms. The molecule has 1 spiro atoms. The molecular formula is C34H38N6O5S. The first-order chi connectivity index (χ1) is 22.3. The number of thioether (sulfide) groups is 1. The van der Waals surface area contributed by atoms with E-state index in [9.17, 15) is 19.5 Å². The number of aromatic nitrogens is 3. The lowest BCUT2D eigenvalue weighted by Gasteiger charge is -2.39. The lowest BCUT2D eigenvalue weighted by molar-refractivity contribution is -0.147. The molecule has 1 N–H and O–H groups in total. The van der Waals surface area contributed by atoms with Crippen molar-refractivity contribution in [3.8, 4) is 5.75 Å². The quantitative estimate of drug-likeness (QED) is 0.373. The fourth-order valence-corrected chi connectivity index (χ4v) is 9.53. The lowest BCUT2D eigenvalue weighted by atomic mass is 9.78. The molecule has 1 unspecified atom stereocenters. The van der Waals surface area contributed by atoms with Crippen molar-refractivity contribution < 1.29 is 24.2 Å². The molecule has 4 aliphatic heterocycles. The number of aliphatic hydroxyl groups excluding tert-OH is 1. The number of carbonyl (C=O) groups is 3. The largest absolute Gasteiger partial charge is 0.494 e. The molecule has 0 radical (unpaired) electrons. The minimum atomic E-state index is -0.993. The summed E-state index contributed by atoms with van der Waals surface area (Å²) in [5.41, 5.74) is 2.25. The van der Waals surface area contributed by atoms with Crippen LogP contribution in [0.5, 0.6) is 5.75 Å². The number of likely N-dealkylation sites (tertiary alicyclic amines) is 1. The van der Waals surface area contributed by atoms with Crippen LogP contribution in [0, 0.1) is 17.8 Å². The van der Waals surface area contributed by atoms with Gasteiger partial charge in [-0.25, -0.2) is 4.68 Å². The van der Waals surface area contributed by atoms with Crippen molar-refractivity contribution in [2.75, 3.05) is 31.2 Å². The highest BCUT2D eigenvalue weighted by molar-refractivity contribution is 8.02. The van der Waals surface area contributed by atoms with Crippen molar-refractivity contribution in [3.05, 3.63) is 72.8 Å². The summed E-state index contributed by atoms with van der Waals surface area (Å²) in [5.74, 6) is -1.52. The number of amides is 3. The fourth-order valence-electron chi connectivity index (χ4n) is 7.53. The molecule has 2 aromatic carbocycles. The van der Waals surface area contributed by atoms with Crippen LogP contribution in [0.1, 0.15) is 20.8 Å². The van der Waals surface area contributed by atoms with Crippen molar-refractivity contribution in [2.24, 2.45) is 17.8 Å². The number of benzene rings is 2. The SMILES string of the molecule is CCOc1ccc(N2CC=C[C@@H]3S[C@]45C=CCN(Cn6nnc7ccccc76)C(=O)C4N([C@@H](CO)C(C)C)C(=O)[C@@H]5[C@@H]3C2=O)cc1. The van der Waals surface area contributed by atoms with Gasteiger partial charge in [0.05, 0.1) is 41.4 Å². The number of hydrogen-bond acceptors (Lipinski definition) is 8. The van der Waals surface area contributed by atoms with Crippen LogP contribution >= 0.6 is 11.8 Å². The molecule has 0 aliphatic carbocycles. The predicted molar refractivity (Wildman–Crippen MR) is 175 cm³/mol. The molecule has 0 saturated carbocycles. The Morgan fingerprint density at radius 3 is 2.54 bits per heavy atom. The van der Waals surface area contributed by atoms with Crippen LogP contribution in [0.3, 0.4) is 0 Å². The highest BCUT2D eigenvalue weighted by Crippen LogP contribution is 2.61. The van der Waals surface area contributed by atoms with E-state index in [1.807, 2.05) is 93.6 Å². The number of para-hydroxylation sites is 1. The number of fused-ring (bicyclic) bond motifs is 3. The summed E-state index contributed by atoms with van der Waals surface area (Å²) in [6.07, 6.45) is 7.95. The topological polar surface area (TPSA) is 121 Å². The minimum Gasteiger partial charge on any atom is -0.494 e. The summed E-state index contributed by atoms with van der Waals surface area (Å²) >= 11 is 1.53. The predicted octanol–water partition coefficient (Wildman–Crippen LogP) is 3.10. The molecule has 7 rings (SSSR count). The van der Waals surface area contributed by atoms with E-state index in [0.717, 1.165) is 22.5 Å². The highest BCUT2D eigenvalue weighted by Gasteiger charge is 2.72. The second-order valence-corrected chi connectivity index (χ2v) is 14.1. The van der Waals surface area contributed by atoms with Crippen molar-refractivity contribution in [3.63, 3.8) is 0 Å². The normalized spacial score (nSPS) is 28.0. The van der Waals surface area contributed by atoms with Gasteiger partial charge in [0.15, 0.2) is 0 Å². The lowest BCUT2D eigenvalue weighted by Crippen LogP contribution is -2.57. The second kappa shape index (κ2) is 11.9. The zero-order chi connectivity index (χ0) is 32.2. The van der Waals surface area contributed by atoms with Crippen LogP contribution in [0.25, 0.3) is 11.0 Å². The third-order valence-electron chi connectivity index (χ3n) is 9.68. The zero-order valence-corrected chi connectivity index (χ0v) is 26.9. The van der Waals surface area contributed by atoms with E-state index in [0.29, 0.717) is 19.7 Å². The Morgan fingerprint density at radius 1 is 1.02 bits per heavy atom. The highest BCUT2D eigenvalue weighted by atomic mass is 32.2. The number of aliphatic hydroxyl groups is 1. The Balaban J connectivity index is 1.28. The van der Waals surface area contributed by atoms with Gasteiger partial charge in [-0.3, -0.25) is 14.4 Å². The summed E-state index contributed by atoms with van der Waals surface area (Å²) in [7, 11) is 0. The van der Waals surface area contributed by atoms with E-state index in [-0.39, 0.29) is 42.2 Å². The van der Waals surface area contributed by atoms with Crippen molar-refractivity contribution in [1.82, 2.24) is 24.8 Å². The Morgan fingerprint density at radius 2 is 1.80 bits per heavy atom. The molecular weight excluding hydrogens is 604 g/mol. The summed E-state index contributed by atoms with van der Waals surface area (Å²) in [5, 5.41) is 18.9. The van der Waals surface area contributed by atoms with Crippen LogP contribution in [0.2, 0.25) is 0 Å². The van der Waals surface area contributed by atoms with Gasteiger partial charge in [0, 0.05) is 24.0 Å². The molecule has 11 nitrogen and oxygen atoms in total. The van der Waals surface area contributed by atoms with Crippen molar-refractivity contribution in [2.45, 2.75) is 49.5 Å². The van der Waals surface area contributed by atoms with Gasteiger partial charge in [-0.05, 0) is 49.2 Å². The van der Waals surface area contributed by atoms with Crippen LogP contribution in [0.15, 0.2) is 72.8 Å². The number of rotatable bonds is 8. The minimum absolute atomic E-state index is 0.122. The number of carbonyl (C=O) groups excluding carboxylic acids is 3. The molecule has 6 atom stereocenters. The van der Waals surface area contributed by atoms with E-state index >= 15 is 0 Å². The van der Waals surface area contributed by atoms with Gasteiger partial charge in [0.25, 0.3) is 0 Å². The van der Waals surface area contributed by atoms with E-state index in [2.05, 4.69) is 10.3 Å². The molecule has 46 heavy (non-hydrogen) atoms. The molecule has 240 valence electrons. The van der Waals surface area contributed by atoms with Crippen LogP contribution in [-0.4, -0.2) is 96.0 Å². The van der Waals surface area contributed by atoms with Crippen LogP contribution < -0.4 is 9.64 Å². The summed E-state index contributed by atoms with van der Waals surface area (Å²) in [6.45, 7) is 6.88. The fraction of sp³-hybridized carbons (Fsp3) is 0.441. The Labute approximate surface area is 271 Å². The van der Waals surface area contributed by atoms with Gasteiger partial charge in [-0.15, -0.1) is 16.9 Å². The summed E-state index contributed by atoms with van der Waals surface area (Å²) in [4.78, 5) is 49.0. The Bertz CT molecular complexity index is 1720. The van der Waals surface area contributed by atoms with E-state index in [1.54, 1.807) is 19.4 Å². The van der Waals surface area contributed by atoms with Gasteiger partial charge < -0.3 is 24.5 Å². The Hall–Kier alpha value is -4.16. The molecule has 2 saturated heterocycles. The number of nitrogens with zero attached hydrogens (tertiary/aromatic N) is 6. The Kier molecular flexibility index (Phi) is 7.88. The standard InChI is InChI=1S/C34H38N6O5S/c1-4-45-23-14-12-22(13-15-23)38-18-7-11-27-28(31(38)42)29-32(43)40(26(19-41)21(2)3)30-33(44)37(17-8-16-34(29,30)46-27)20-39-25-10-6-5-9-24(25)35-36-39/h5-16,21,26-30,41H,4,17-20H2,1-3H3/t26-,27-,28+,29-,30?,34-/m0/s1. The zero-order valence-electron chi connectivity index (χ0n) is 26.1. The first-order valence-electron chi connectivity index (χ1n) is 15.9. The van der Waals surface area contributed by atoms with Crippen LogP contribution in [-0.2, 0) is 21.1 Å². The molecule has 1 aromatic heterocycles. The molecule has 5 heterocycles. The smallest absolute Gasteiger partial charge is 0.248 e. The molecule has 2 fully saturated rings. The summed E-state index contributed by atoms with van der Waals surface area (Å²) < 4.78 is 6.30. The maximum Gasteiger partial charge on any atom is 0.248 e. The van der Waals surface area contributed by atoms with Gasteiger partial charge in [0.2, 0.25) is 17.7 Å². The third kappa shape index (κ3) is 4.72. The third-order valence-corrected chi connectivity index (χ3v) is 11.4. The number of anilines is 1. The van der Waals surface area contributed by atoms with Crippen molar-refractivity contribution in [1.29, 1.82) is 0 Å². The van der Waals surface area contributed by atoms with Crippen LogP contribution in [0.4, 0.5) is 5.69 Å². The average molecular weight is 643 g/mol. The first-order valence-corrected chi connectivity index (χ1v) is 16.7. The molecule has 12 heteroatoms. The van der Waals surface area contributed by atoms with Gasteiger partial charge in [-0.1, -0.05) is 55.5 Å². The molecule has 3 amide bonds. The first kappa shape index (κ1) is 30.5. The molecule has 4 aliphatic rings. The number of hydrogen-bond donors (Lipinski definition) is 1. The second-order valence-electron chi connectivity index (χ2n) is 12.6. The monoisotopic (exact) mass is 642 g/mol. The molecule has 3 aromatic rings. The van der Waals surface area contributed by atoms with Crippen molar-refractivity contribution >= 4 is 46.2 Å².